The number of halogens is 1. The van der Waals surface area contributed by atoms with Gasteiger partial charge in [0.1, 0.15) is 0 Å². The maximum absolute atomic E-state index is 12.6. The smallest absolute Gasteiger partial charge is 0.340 e. The lowest BCUT2D eigenvalue weighted by Gasteiger charge is -2.16. The van der Waals surface area contributed by atoms with Crippen molar-refractivity contribution in [3.8, 4) is 11.5 Å². The molecule has 0 heterocycles. The van der Waals surface area contributed by atoms with E-state index < -0.39 is 11.2 Å². The number of esters is 1. The van der Waals surface area contributed by atoms with Crippen LogP contribution in [0, 0.1) is 0 Å². The lowest BCUT2D eigenvalue weighted by atomic mass is 10.1. The van der Waals surface area contributed by atoms with Crippen molar-refractivity contribution >= 4 is 40.9 Å². The molecule has 0 bridgehead atoms. The molecule has 0 saturated heterocycles. The quantitative estimate of drug-likeness (QED) is 0.544. The van der Waals surface area contributed by atoms with Crippen LogP contribution < -0.4 is 14.8 Å². The number of carbonyl (C=O) groups excluding carboxylic acids is 2. The lowest BCUT2D eigenvalue weighted by molar-refractivity contribution is -0.115. The van der Waals surface area contributed by atoms with E-state index in [0.29, 0.717) is 16.5 Å². The highest BCUT2D eigenvalue weighted by Gasteiger charge is 2.21. The predicted molar refractivity (Wildman–Crippen MR) is 106 cm³/mol. The largest absolute Gasteiger partial charge is 0.493 e. The zero-order valence-electron chi connectivity index (χ0n) is 15.4. The Morgan fingerprint density at radius 1 is 1.04 bits per heavy atom. The third kappa shape index (κ3) is 5.30. The molecule has 2 aromatic rings. The molecular weight excluding hydrogens is 390 g/mol. The van der Waals surface area contributed by atoms with Crippen LogP contribution in [-0.2, 0) is 9.53 Å². The summed E-state index contributed by atoms with van der Waals surface area (Å²) in [7, 11) is 4.20. The second kappa shape index (κ2) is 9.53. The van der Waals surface area contributed by atoms with Crippen molar-refractivity contribution in [3.63, 3.8) is 0 Å². The molecule has 0 unspecified atom stereocenters. The normalized spacial score (nSPS) is 11.4. The number of anilines is 1. The van der Waals surface area contributed by atoms with E-state index in [1.165, 1.54) is 45.2 Å². The first-order valence-corrected chi connectivity index (χ1v) is 9.22. The number of benzene rings is 2. The van der Waals surface area contributed by atoms with Gasteiger partial charge in [-0.3, -0.25) is 4.79 Å². The summed E-state index contributed by atoms with van der Waals surface area (Å²) in [5, 5.41) is 2.98. The number of methoxy groups -OCH3 is 3. The van der Waals surface area contributed by atoms with Crippen LogP contribution in [0.4, 0.5) is 5.69 Å². The van der Waals surface area contributed by atoms with E-state index in [0.717, 1.165) is 4.90 Å². The van der Waals surface area contributed by atoms with Gasteiger partial charge in [0, 0.05) is 22.1 Å². The van der Waals surface area contributed by atoms with Gasteiger partial charge in [-0.05, 0) is 31.2 Å². The topological polar surface area (TPSA) is 73.9 Å². The molecule has 0 aliphatic rings. The molecule has 0 radical (unpaired) electrons. The van der Waals surface area contributed by atoms with E-state index in [4.69, 9.17) is 25.8 Å². The maximum atomic E-state index is 12.6. The Kier molecular flexibility index (Phi) is 7.38. The van der Waals surface area contributed by atoms with E-state index in [2.05, 4.69) is 5.32 Å². The third-order valence-electron chi connectivity index (χ3n) is 3.68. The monoisotopic (exact) mass is 409 g/mol. The molecule has 0 saturated carbocycles. The van der Waals surface area contributed by atoms with E-state index in [-0.39, 0.29) is 17.2 Å². The number of hydrogen-bond acceptors (Lipinski definition) is 6. The van der Waals surface area contributed by atoms with Crippen LogP contribution in [0.25, 0.3) is 0 Å². The number of rotatable bonds is 7. The predicted octanol–water partition coefficient (Wildman–Crippen LogP) is 4.26. The van der Waals surface area contributed by atoms with Crippen molar-refractivity contribution in [2.45, 2.75) is 17.1 Å². The van der Waals surface area contributed by atoms with Gasteiger partial charge in [0.2, 0.25) is 5.91 Å². The summed E-state index contributed by atoms with van der Waals surface area (Å²) in [5.74, 6) is -0.116. The number of thioether (sulfide) groups is 1. The summed E-state index contributed by atoms with van der Waals surface area (Å²) >= 11 is 7.25. The minimum absolute atomic E-state index is 0.173. The molecule has 144 valence electrons. The first-order chi connectivity index (χ1) is 12.9. The fraction of sp³-hybridized carbons (Fsp3) is 0.263. The average molecular weight is 410 g/mol. The van der Waals surface area contributed by atoms with Gasteiger partial charge in [0.15, 0.2) is 11.5 Å². The fourth-order valence-electron chi connectivity index (χ4n) is 2.27. The summed E-state index contributed by atoms with van der Waals surface area (Å²) in [5.41, 5.74) is 0.459. The molecule has 2 aromatic carbocycles. The molecule has 8 heteroatoms. The van der Waals surface area contributed by atoms with Crippen LogP contribution in [0.5, 0.6) is 11.5 Å². The van der Waals surface area contributed by atoms with Crippen molar-refractivity contribution in [2.24, 2.45) is 0 Å². The van der Waals surface area contributed by atoms with Crippen LogP contribution in [0.1, 0.15) is 17.3 Å². The number of amides is 1. The van der Waals surface area contributed by atoms with Gasteiger partial charge in [-0.2, -0.15) is 0 Å². The zero-order valence-corrected chi connectivity index (χ0v) is 16.9. The first kappa shape index (κ1) is 20.9. The highest BCUT2D eigenvalue weighted by atomic mass is 35.5. The standard InChI is InChI=1S/C19H20ClNO5S/c1-11(27-13-7-5-12(20)6-8-13)18(22)21-15-10-17(25-3)16(24-2)9-14(15)19(23)26-4/h5-11H,1-4H3,(H,21,22)/t11-/m1/s1. The second-order valence-electron chi connectivity index (χ2n) is 5.45. The van der Waals surface area contributed by atoms with Crippen molar-refractivity contribution in [1.82, 2.24) is 0 Å². The number of carbonyl (C=O) groups is 2. The minimum atomic E-state index is -0.593. The number of hydrogen-bond donors (Lipinski definition) is 1. The van der Waals surface area contributed by atoms with E-state index in [1.807, 2.05) is 12.1 Å². The Morgan fingerprint density at radius 3 is 2.19 bits per heavy atom. The van der Waals surface area contributed by atoms with Gasteiger partial charge in [-0.15, -0.1) is 11.8 Å². The summed E-state index contributed by atoms with van der Waals surface area (Å²) in [4.78, 5) is 25.6. The average Bonchev–Trinajstić information content (AvgIpc) is 2.68. The van der Waals surface area contributed by atoms with Crippen molar-refractivity contribution in [2.75, 3.05) is 26.6 Å². The minimum Gasteiger partial charge on any atom is -0.493 e. The molecule has 0 fully saturated rings. The van der Waals surface area contributed by atoms with Gasteiger partial charge in [0.25, 0.3) is 0 Å². The molecule has 27 heavy (non-hydrogen) atoms. The molecular formula is C19H20ClNO5S. The first-order valence-electron chi connectivity index (χ1n) is 7.97. The summed E-state index contributed by atoms with van der Waals surface area (Å²) in [6, 6.07) is 10.2. The summed E-state index contributed by atoms with van der Waals surface area (Å²) in [6.45, 7) is 1.77. The SMILES string of the molecule is COC(=O)c1cc(OC)c(OC)cc1NC(=O)[C@@H](C)Sc1ccc(Cl)cc1. The number of nitrogens with one attached hydrogen (secondary N) is 1. The Labute approximate surface area is 167 Å². The summed E-state index contributed by atoms with van der Waals surface area (Å²) in [6.07, 6.45) is 0. The van der Waals surface area contributed by atoms with Gasteiger partial charge in [0.05, 0.1) is 37.8 Å². The highest BCUT2D eigenvalue weighted by Crippen LogP contribution is 2.34. The third-order valence-corrected chi connectivity index (χ3v) is 5.05. The van der Waals surface area contributed by atoms with Crippen molar-refractivity contribution in [3.05, 3.63) is 47.0 Å². The zero-order chi connectivity index (χ0) is 20.0. The molecule has 1 atom stereocenters. The second-order valence-corrected chi connectivity index (χ2v) is 7.30. The van der Waals surface area contributed by atoms with Gasteiger partial charge in [-0.25, -0.2) is 4.79 Å². The molecule has 0 aliphatic carbocycles. The van der Waals surface area contributed by atoms with E-state index >= 15 is 0 Å². The Bertz CT molecular complexity index is 826. The molecule has 1 N–H and O–H groups in total. The Morgan fingerprint density at radius 2 is 1.63 bits per heavy atom. The van der Waals surface area contributed by atoms with Crippen LogP contribution in [-0.4, -0.2) is 38.5 Å². The molecule has 0 aliphatic heterocycles. The van der Waals surface area contributed by atoms with E-state index in [9.17, 15) is 9.59 Å². The van der Waals surface area contributed by atoms with Gasteiger partial charge >= 0.3 is 5.97 Å². The highest BCUT2D eigenvalue weighted by molar-refractivity contribution is 8.00. The molecule has 1 amide bonds. The molecule has 6 nitrogen and oxygen atoms in total. The van der Waals surface area contributed by atoms with Crippen molar-refractivity contribution in [1.29, 1.82) is 0 Å². The van der Waals surface area contributed by atoms with Crippen LogP contribution >= 0.6 is 23.4 Å². The van der Waals surface area contributed by atoms with Gasteiger partial charge < -0.3 is 19.5 Å². The Balaban J connectivity index is 2.24. The Hall–Kier alpha value is -2.38. The maximum Gasteiger partial charge on any atom is 0.340 e. The van der Waals surface area contributed by atoms with E-state index in [1.54, 1.807) is 19.1 Å². The summed E-state index contributed by atoms with van der Waals surface area (Å²) < 4.78 is 15.2. The van der Waals surface area contributed by atoms with Gasteiger partial charge in [-0.1, -0.05) is 11.6 Å². The van der Waals surface area contributed by atoms with Crippen LogP contribution in [0.3, 0.4) is 0 Å². The van der Waals surface area contributed by atoms with Crippen LogP contribution in [0.15, 0.2) is 41.3 Å². The number of ether oxygens (including phenoxy) is 3. The van der Waals surface area contributed by atoms with Crippen LogP contribution in [0.2, 0.25) is 5.02 Å². The fourth-order valence-corrected chi connectivity index (χ4v) is 3.26. The molecule has 0 aromatic heterocycles. The van der Waals surface area contributed by atoms with Crippen molar-refractivity contribution < 1.29 is 23.8 Å². The molecule has 0 spiro atoms. The lowest BCUT2D eigenvalue weighted by Crippen LogP contribution is -2.24. The molecule has 2 rings (SSSR count).